The van der Waals surface area contributed by atoms with E-state index in [2.05, 4.69) is 18.7 Å². The van der Waals surface area contributed by atoms with Gasteiger partial charge in [0.05, 0.1) is 10.9 Å². The molecule has 2 aromatic rings. The molecule has 1 heterocycles. The van der Waals surface area contributed by atoms with Crippen LogP contribution in [-0.4, -0.2) is 23.1 Å². The molecule has 126 valence electrons. The zero-order chi connectivity index (χ0) is 16.8. The number of phenols is 1. The maximum absolute atomic E-state index is 12.1. The van der Waals surface area contributed by atoms with Gasteiger partial charge in [-0.1, -0.05) is 38.3 Å². The summed E-state index contributed by atoms with van der Waals surface area (Å²) in [4.78, 5) is 14.4. The van der Waals surface area contributed by atoms with Crippen molar-refractivity contribution >= 4 is 22.6 Å². The summed E-state index contributed by atoms with van der Waals surface area (Å²) in [6.07, 6.45) is 5.69. The highest BCUT2D eigenvalue weighted by Gasteiger charge is 2.16. The summed E-state index contributed by atoms with van der Waals surface area (Å²) in [5.74, 6) is 0.154. The predicted octanol–water partition coefficient (Wildman–Crippen LogP) is 4.55. The van der Waals surface area contributed by atoms with Crippen molar-refractivity contribution in [1.82, 2.24) is 4.90 Å². The Morgan fingerprint density at radius 3 is 2.43 bits per heavy atom. The molecule has 1 aromatic heterocycles. The van der Waals surface area contributed by atoms with Gasteiger partial charge < -0.3 is 9.52 Å². The summed E-state index contributed by atoms with van der Waals surface area (Å²) < 4.78 is 5.53. The third-order valence-electron chi connectivity index (χ3n) is 4.02. The molecular weight excluding hydrogens is 314 g/mol. The second-order valence-electron chi connectivity index (χ2n) is 5.84. The highest BCUT2D eigenvalue weighted by atomic mass is 35.5. The maximum Gasteiger partial charge on any atom is 0.211 e. The van der Waals surface area contributed by atoms with E-state index in [1.54, 1.807) is 12.1 Å². The van der Waals surface area contributed by atoms with Crippen LogP contribution < -0.4 is 5.43 Å². The van der Waals surface area contributed by atoms with Crippen molar-refractivity contribution < 1.29 is 9.52 Å². The molecule has 4 nitrogen and oxygen atoms in total. The molecule has 0 aliphatic carbocycles. The summed E-state index contributed by atoms with van der Waals surface area (Å²) in [5.41, 5.74) is 0.823. The molecule has 0 amide bonds. The van der Waals surface area contributed by atoms with Crippen molar-refractivity contribution in [3.63, 3.8) is 0 Å². The third-order valence-corrected chi connectivity index (χ3v) is 4.28. The van der Waals surface area contributed by atoms with Crippen LogP contribution in [0.4, 0.5) is 0 Å². The normalized spacial score (nSPS) is 11.5. The van der Waals surface area contributed by atoms with Gasteiger partial charge in [0.1, 0.15) is 22.6 Å². The Morgan fingerprint density at radius 1 is 1.17 bits per heavy atom. The van der Waals surface area contributed by atoms with Crippen LogP contribution in [0.25, 0.3) is 11.0 Å². The number of hydrogen-bond acceptors (Lipinski definition) is 4. The first-order valence-corrected chi connectivity index (χ1v) is 8.60. The molecule has 0 aliphatic heterocycles. The lowest BCUT2D eigenvalue weighted by atomic mass is 10.1. The van der Waals surface area contributed by atoms with Gasteiger partial charge in [-0.05, 0) is 38.1 Å². The lowest BCUT2D eigenvalue weighted by Gasteiger charge is -2.22. The molecule has 23 heavy (non-hydrogen) atoms. The highest BCUT2D eigenvalue weighted by molar-refractivity contribution is 6.30. The summed E-state index contributed by atoms with van der Waals surface area (Å²) >= 11 is 5.84. The number of benzene rings is 1. The average Bonchev–Trinajstić information content (AvgIpc) is 2.55. The first kappa shape index (κ1) is 17.8. The van der Waals surface area contributed by atoms with E-state index in [1.807, 2.05) is 0 Å². The number of fused-ring (bicyclic) bond motifs is 1. The Balaban J connectivity index is 2.38. The minimum Gasteiger partial charge on any atom is -0.507 e. The Bertz CT molecular complexity index is 703. The Labute approximate surface area is 141 Å². The van der Waals surface area contributed by atoms with Gasteiger partial charge in [0.2, 0.25) is 5.43 Å². The van der Waals surface area contributed by atoms with Crippen molar-refractivity contribution in [2.75, 3.05) is 13.1 Å². The first-order chi connectivity index (χ1) is 11.1. The largest absolute Gasteiger partial charge is 0.507 e. The fourth-order valence-electron chi connectivity index (χ4n) is 2.63. The minimum absolute atomic E-state index is 0.0583. The molecule has 0 bridgehead atoms. The second kappa shape index (κ2) is 8.37. The van der Waals surface area contributed by atoms with Gasteiger partial charge in [0, 0.05) is 6.54 Å². The zero-order valence-electron chi connectivity index (χ0n) is 13.8. The van der Waals surface area contributed by atoms with Gasteiger partial charge in [-0.15, -0.1) is 0 Å². The summed E-state index contributed by atoms with van der Waals surface area (Å²) in [6, 6.07) is 3.11. The molecule has 0 unspecified atom stereocenters. The first-order valence-electron chi connectivity index (χ1n) is 8.22. The van der Waals surface area contributed by atoms with Gasteiger partial charge in [-0.2, -0.15) is 0 Å². The quantitative estimate of drug-likeness (QED) is 0.767. The van der Waals surface area contributed by atoms with Crippen molar-refractivity contribution in [1.29, 1.82) is 0 Å². The average molecular weight is 338 g/mol. The van der Waals surface area contributed by atoms with Crippen molar-refractivity contribution in [2.24, 2.45) is 0 Å². The smallest absolute Gasteiger partial charge is 0.211 e. The SMILES string of the molecule is CCCCN(CCCC)Cc1c(O)ccc2c(=O)c(Cl)coc12. The molecule has 1 N–H and O–H groups in total. The van der Waals surface area contributed by atoms with E-state index in [1.165, 1.54) is 6.26 Å². The van der Waals surface area contributed by atoms with Crippen LogP contribution in [0.3, 0.4) is 0 Å². The number of halogens is 1. The molecule has 5 heteroatoms. The number of phenolic OH excluding ortho intramolecular Hbond substituents is 1. The van der Waals surface area contributed by atoms with Crippen LogP contribution in [0.15, 0.2) is 27.6 Å². The molecule has 0 fully saturated rings. The van der Waals surface area contributed by atoms with Crippen LogP contribution in [0.2, 0.25) is 5.02 Å². The Morgan fingerprint density at radius 2 is 1.83 bits per heavy atom. The highest BCUT2D eigenvalue weighted by Crippen LogP contribution is 2.28. The van der Waals surface area contributed by atoms with Gasteiger partial charge in [-0.25, -0.2) is 0 Å². The summed E-state index contributed by atoms with van der Waals surface area (Å²) in [7, 11) is 0. The van der Waals surface area contributed by atoms with E-state index in [9.17, 15) is 9.90 Å². The third kappa shape index (κ3) is 4.27. The Hall–Kier alpha value is -1.52. The van der Waals surface area contributed by atoms with Crippen LogP contribution in [0.1, 0.15) is 45.1 Å². The van der Waals surface area contributed by atoms with Crippen LogP contribution in [-0.2, 0) is 6.54 Å². The molecule has 0 aliphatic rings. The molecule has 2 rings (SSSR count). The number of rotatable bonds is 8. The van der Waals surface area contributed by atoms with E-state index in [4.69, 9.17) is 16.0 Å². The number of aromatic hydroxyl groups is 1. The minimum atomic E-state index is -0.261. The van der Waals surface area contributed by atoms with Crippen molar-refractivity contribution in [3.8, 4) is 5.75 Å². The molecule has 0 atom stereocenters. The van der Waals surface area contributed by atoms with E-state index < -0.39 is 0 Å². The number of unbranched alkanes of at least 4 members (excludes halogenated alkanes) is 2. The maximum atomic E-state index is 12.1. The second-order valence-corrected chi connectivity index (χ2v) is 6.24. The standard InChI is InChI=1S/C18H24ClNO3/c1-3-5-9-20(10-6-4-2)11-14-16(21)8-7-13-17(22)15(19)12-23-18(13)14/h7-8,12,21H,3-6,9-11H2,1-2H3. The van der Waals surface area contributed by atoms with Crippen molar-refractivity contribution in [3.05, 3.63) is 39.2 Å². The molecular formula is C18H24ClNO3. The van der Waals surface area contributed by atoms with Crippen LogP contribution in [0.5, 0.6) is 5.75 Å². The fourth-order valence-corrected chi connectivity index (χ4v) is 2.78. The topological polar surface area (TPSA) is 53.7 Å². The number of nitrogens with zero attached hydrogens (tertiary/aromatic N) is 1. The van der Waals surface area contributed by atoms with E-state index in [-0.39, 0.29) is 16.2 Å². The van der Waals surface area contributed by atoms with Crippen LogP contribution in [0, 0.1) is 0 Å². The fraction of sp³-hybridized carbons (Fsp3) is 0.500. The van der Waals surface area contributed by atoms with E-state index in [0.29, 0.717) is 23.1 Å². The Kier molecular flexibility index (Phi) is 6.48. The lowest BCUT2D eigenvalue weighted by molar-refractivity contribution is 0.253. The zero-order valence-corrected chi connectivity index (χ0v) is 14.5. The molecule has 0 saturated carbocycles. The van der Waals surface area contributed by atoms with Gasteiger partial charge in [-0.3, -0.25) is 9.69 Å². The monoisotopic (exact) mass is 337 g/mol. The van der Waals surface area contributed by atoms with Gasteiger partial charge in [0.15, 0.2) is 0 Å². The predicted molar refractivity (Wildman–Crippen MR) is 94.3 cm³/mol. The lowest BCUT2D eigenvalue weighted by Crippen LogP contribution is -2.26. The van der Waals surface area contributed by atoms with E-state index >= 15 is 0 Å². The number of hydrogen-bond donors (Lipinski definition) is 1. The molecule has 0 spiro atoms. The van der Waals surface area contributed by atoms with E-state index in [0.717, 1.165) is 38.8 Å². The van der Waals surface area contributed by atoms with Crippen LogP contribution >= 0.6 is 11.6 Å². The molecule has 0 saturated heterocycles. The van der Waals surface area contributed by atoms with Gasteiger partial charge in [0.25, 0.3) is 0 Å². The van der Waals surface area contributed by atoms with Gasteiger partial charge >= 0.3 is 0 Å². The van der Waals surface area contributed by atoms with Crippen molar-refractivity contribution in [2.45, 2.75) is 46.1 Å². The molecule has 0 radical (unpaired) electrons. The summed E-state index contributed by atoms with van der Waals surface area (Å²) in [6.45, 7) is 6.81. The summed E-state index contributed by atoms with van der Waals surface area (Å²) in [5, 5.41) is 10.7. The molecule has 1 aromatic carbocycles.